The Balaban J connectivity index is 2.26. The maximum atomic E-state index is 5.88. The highest BCUT2D eigenvalue weighted by atomic mass is 32.2. The third-order valence-electron chi connectivity index (χ3n) is 2.26. The van der Waals surface area contributed by atoms with Gasteiger partial charge in [-0.2, -0.15) is 0 Å². The summed E-state index contributed by atoms with van der Waals surface area (Å²) in [5.41, 5.74) is 8.86. The van der Waals surface area contributed by atoms with Gasteiger partial charge in [0.15, 0.2) is 0 Å². The van der Waals surface area contributed by atoms with Crippen LogP contribution in [0.25, 0.3) is 0 Å². The fourth-order valence-electron chi connectivity index (χ4n) is 1.34. The van der Waals surface area contributed by atoms with Gasteiger partial charge in [-0.1, -0.05) is 29.5 Å². The van der Waals surface area contributed by atoms with Crippen LogP contribution in [0.15, 0.2) is 46.3 Å². The van der Waals surface area contributed by atoms with Gasteiger partial charge in [-0.3, -0.25) is 0 Å². The van der Waals surface area contributed by atoms with Crippen molar-refractivity contribution in [2.75, 3.05) is 5.73 Å². The molecule has 0 atom stereocenters. The summed E-state index contributed by atoms with van der Waals surface area (Å²) in [6, 6.07) is 12.2. The lowest BCUT2D eigenvalue weighted by Gasteiger charge is -2.05. The zero-order valence-corrected chi connectivity index (χ0v) is 10.2. The van der Waals surface area contributed by atoms with E-state index in [1.54, 1.807) is 11.8 Å². The van der Waals surface area contributed by atoms with E-state index in [0.29, 0.717) is 0 Å². The first-order valence-corrected chi connectivity index (χ1v) is 5.94. The summed E-state index contributed by atoms with van der Waals surface area (Å²) in [6.45, 7) is 4.05. The Morgan fingerprint density at radius 3 is 2.38 bits per heavy atom. The zero-order valence-electron chi connectivity index (χ0n) is 9.40. The molecule has 0 saturated carbocycles. The average molecular weight is 230 g/mol. The number of pyridine rings is 1. The SMILES string of the molecule is Cc1ccc(Sc2nc(C)ccc2N)cc1. The highest BCUT2D eigenvalue weighted by Gasteiger charge is 2.03. The first-order chi connectivity index (χ1) is 7.65. The van der Waals surface area contributed by atoms with Crippen LogP contribution in [0.4, 0.5) is 5.69 Å². The van der Waals surface area contributed by atoms with Gasteiger partial charge in [0.2, 0.25) is 0 Å². The average Bonchev–Trinajstić information content (AvgIpc) is 2.27. The molecule has 2 aromatic rings. The van der Waals surface area contributed by atoms with E-state index in [1.165, 1.54) is 5.56 Å². The van der Waals surface area contributed by atoms with Crippen molar-refractivity contribution in [3.63, 3.8) is 0 Å². The highest BCUT2D eigenvalue weighted by molar-refractivity contribution is 7.99. The summed E-state index contributed by atoms with van der Waals surface area (Å²) in [7, 11) is 0. The van der Waals surface area contributed by atoms with E-state index in [1.807, 2.05) is 19.1 Å². The third-order valence-corrected chi connectivity index (χ3v) is 3.29. The van der Waals surface area contributed by atoms with E-state index in [4.69, 9.17) is 5.73 Å². The molecule has 0 bridgehead atoms. The molecule has 0 aliphatic carbocycles. The Morgan fingerprint density at radius 2 is 1.69 bits per heavy atom. The van der Waals surface area contributed by atoms with Gasteiger partial charge in [0.25, 0.3) is 0 Å². The Bertz CT molecular complexity index is 492. The molecular weight excluding hydrogens is 216 g/mol. The van der Waals surface area contributed by atoms with Gasteiger partial charge < -0.3 is 5.73 Å². The second kappa shape index (κ2) is 4.58. The first kappa shape index (κ1) is 11.0. The van der Waals surface area contributed by atoms with E-state index >= 15 is 0 Å². The lowest BCUT2D eigenvalue weighted by molar-refractivity contribution is 1.07. The summed E-state index contributed by atoms with van der Waals surface area (Å²) in [5.74, 6) is 0. The van der Waals surface area contributed by atoms with Gasteiger partial charge in [0.1, 0.15) is 5.03 Å². The molecule has 2 rings (SSSR count). The third kappa shape index (κ3) is 2.55. The molecule has 1 aromatic carbocycles. The predicted molar refractivity (Wildman–Crippen MR) is 68.7 cm³/mol. The minimum absolute atomic E-state index is 0.733. The van der Waals surface area contributed by atoms with Crippen molar-refractivity contribution >= 4 is 17.4 Å². The molecule has 0 fully saturated rings. The molecule has 2 N–H and O–H groups in total. The van der Waals surface area contributed by atoms with Crippen LogP contribution >= 0.6 is 11.8 Å². The molecule has 2 nitrogen and oxygen atoms in total. The summed E-state index contributed by atoms with van der Waals surface area (Å²) < 4.78 is 0. The minimum atomic E-state index is 0.733. The predicted octanol–water partition coefficient (Wildman–Crippen LogP) is 3.43. The number of nitrogens with zero attached hydrogens (tertiary/aromatic N) is 1. The molecule has 0 aliphatic heterocycles. The number of anilines is 1. The van der Waals surface area contributed by atoms with E-state index in [2.05, 4.69) is 36.2 Å². The molecular formula is C13H14N2S. The summed E-state index contributed by atoms with van der Waals surface area (Å²) in [5, 5.41) is 0.879. The Hall–Kier alpha value is -1.48. The lowest BCUT2D eigenvalue weighted by Crippen LogP contribution is -1.93. The standard InChI is InChI=1S/C13H14N2S/c1-9-3-6-11(7-4-9)16-13-12(14)8-5-10(2)15-13/h3-8H,14H2,1-2H3. The van der Waals surface area contributed by atoms with Crippen LogP contribution in [-0.4, -0.2) is 4.98 Å². The summed E-state index contributed by atoms with van der Waals surface area (Å²) >= 11 is 1.60. The zero-order chi connectivity index (χ0) is 11.5. The number of rotatable bonds is 2. The van der Waals surface area contributed by atoms with Crippen molar-refractivity contribution < 1.29 is 0 Å². The van der Waals surface area contributed by atoms with Crippen molar-refractivity contribution in [2.24, 2.45) is 0 Å². The maximum absolute atomic E-state index is 5.88. The van der Waals surface area contributed by atoms with Crippen LogP contribution in [0, 0.1) is 13.8 Å². The number of nitrogen functional groups attached to an aromatic ring is 1. The van der Waals surface area contributed by atoms with Gasteiger partial charge in [-0.05, 0) is 38.1 Å². The molecule has 0 spiro atoms. The van der Waals surface area contributed by atoms with Gasteiger partial charge in [0.05, 0.1) is 5.69 Å². The topological polar surface area (TPSA) is 38.9 Å². The number of hydrogen-bond acceptors (Lipinski definition) is 3. The van der Waals surface area contributed by atoms with Crippen molar-refractivity contribution in [3.8, 4) is 0 Å². The van der Waals surface area contributed by atoms with E-state index in [9.17, 15) is 0 Å². The monoisotopic (exact) mass is 230 g/mol. The van der Waals surface area contributed by atoms with Gasteiger partial charge >= 0.3 is 0 Å². The van der Waals surface area contributed by atoms with Crippen LogP contribution in [0.5, 0.6) is 0 Å². The van der Waals surface area contributed by atoms with Gasteiger partial charge in [-0.25, -0.2) is 4.98 Å². The fraction of sp³-hybridized carbons (Fsp3) is 0.154. The van der Waals surface area contributed by atoms with E-state index in [-0.39, 0.29) is 0 Å². The molecule has 0 amide bonds. The van der Waals surface area contributed by atoms with Gasteiger partial charge in [-0.15, -0.1) is 0 Å². The van der Waals surface area contributed by atoms with Crippen molar-refractivity contribution in [1.29, 1.82) is 0 Å². The number of nitrogens with two attached hydrogens (primary N) is 1. The highest BCUT2D eigenvalue weighted by Crippen LogP contribution is 2.30. The molecule has 1 heterocycles. The van der Waals surface area contributed by atoms with Crippen LogP contribution in [-0.2, 0) is 0 Å². The Morgan fingerprint density at radius 1 is 1.00 bits per heavy atom. The maximum Gasteiger partial charge on any atom is 0.124 e. The Labute approximate surface area is 99.9 Å². The van der Waals surface area contributed by atoms with Crippen molar-refractivity contribution in [3.05, 3.63) is 47.7 Å². The summed E-state index contributed by atoms with van der Waals surface area (Å²) in [6.07, 6.45) is 0. The van der Waals surface area contributed by atoms with Crippen LogP contribution in [0.3, 0.4) is 0 Å². The van der Waals surface area contributed by atoms with E-state index < -0.39 is 0 Å². The molecule has 16 heavy (non-hydrogen) atoms. The fourth-order valence-corrected chi connectivity index (χ4v) is 2.21. The molecule has 1 aromatic heterocycles. The van der Waals surface area contributed by atoms with Crippen LogP contribution < -0.4 is 5.73 Å². The number of aromatic nitrogens is 1. The second-order valence-corrected chi connectivity index (χ2v) is 4.82. The largest absolute Gasteiger partial charge is 0.397 e. The molecule has 3 heteroatoms. The molecule has 0 unspecified atom stereocenters. The first-order valence-electron chi connectivity index (χ1n) is 5.13. The summed E-state index contributed by atoms with van der Waals surface area (Å²) in [4.78, 5) is 5.59. The van der Waals surface area contributed by atoms with Crippen molar-refractivity contribution in [1.82, 2.24) is 4.98 Å². The van der Waals surface area contributed by atoms with Crippen LogP contribution in [0.1, 0.15) is 11.3 Å². The quantitative estimate of drug-likeness (QED) is 0.859. The van der Waals surface area contributed by atoms with E-state index in [0.717, 1.165) is 21.3 Å². The lowest BCUT2D eigenvalue weighted by atomic mass is 10.2. The normalized spacial score (nSPS) is 10.4. The number of aryl methyl sites for hydroxylation is 2. The van der Waals surface area contributed by atoms with Crippen LogP contribution in [0.2, 0.25) is 0 Å². The second-order valence-electron chi connectivity index (χ2n) is 3.76. The molecule has 0 saturated heterocycles. The smallest absolute Gasteiger partial charge is 0.124 e. The van der Waals surface area contributed by atoms with Crippen molar-refractivity contribution in [2.45, 2.75) is 23.8 Å². The van der Waals surface area contributed by atoms with Gasteiger partial charge in [0, 0.05) is 10.6 Å². The molecule has 0 aliphatic rings. The Kier molecular flexibility index (Phi) is 3.15. The number of benzene rings is 1. The minimum Gasteiger partial charge on any atom is -0.397 e. The number of hydrogen-bond donors (Lipinski definition) is 1. The molecule has 0 radical (unpaired) electrons. The molecule has 82 valence electrons.